The van der Waals surface area contributed by atoms with Gasteiger partial charge in [0.15, 0.2) is 0 Å². The Labute approximate surface area is 214 Å². The molecule has 0 aliphatic carbocycles. The zero-order chi connectivity index (χ0) is 26.5. The molecule has 0 bridgehead atoms. The maximum Gasteiger partial charge on any atom is 0.494 e. The van der Waals surface area contributed by atoms with Crippen LogP contribution in [0.25, 0.3) is 10.9 Å². The van der Waals surface area contributed by atoms with Crippen molar-refractivity contribution < 1.29 is 27.6 Å². The van der Waals surface area contributed by atoms with Crippen LogP contribution in [0.3, 0.4) is 0 Å². The molecule has 0 unspecified atom stereocenters. The maximum atomic E-state index is 13.2. The summed E-state index contributed by atoms with van der Waals surface area (Å²) in [6.07, 6.45) is 0. The van der Waals surface area contributed by atoms with Crippen molar-refractivity contribution in [2.24, 2.45) is 7.05 Å². The van der Waals surface area contributed by atoms with Crippen molar-refractivity contribution in [3.05, 3.63) is 52.3 Å². The van der Waals surface area contributed by atoms with E-state index in [2.05, 4.69) is 4.90 Å². The van der Waals surface area contributed by atoms with Gasteiger partial charge in [-0.25, -0.2) is 0 Å². The van der Waals surface area contributed by atoms with E-state index in [-0.39, 0.29) is 17.9 Å². The van der Waals surface area contributed by atoms with Crippen molar-refractivity contribution >= 4 is 29.2 Å². The molecule has 3 heterocycles. The molecule has 0 spiro atoms. The number of rotatable bonds is 6. The summed E-state index contributed by atoms with van der Waals surface area (Å²) in [6, 6.07) is 10.6. The van der Waals surface area contributed by atoms with Gasteiger partial charge in [-0.15, -0.1) is 0 Å². The molecule has 2 saturated heterocycles. The summed E-state index contributed by atoms with van der Waals surface area (Å²) in [6.45, 7) is 7.73. The van der Waals surface area contributed by atoms with Crippen LogP contribution in [-0.2, 0) is 27.6 Å². The van der Waals surface area contributed by atoms with Gasteiger partial charge in [0.1, 0.15) is 5.75 Å². The van der Waals surface area contributed by atoms with E-state index in [0.717, 1.165) is 11.2 Å². The van der Waals surface area contributed by atoms with Crippen LogP contribution in [0.2, 0.25) is 0 Å². The Bertz CT molecular complexity index is 1350. The third-order valence-corrected chi connectivity index (χ3v) is 7.67. The molecule has 198 valence electrons. The number of hydrogen-bond donors (Lipinski definition) is 0. The first kappa shape index (κ1) is 25.8. The molecule has 3 aromatic rings. The summed E-state index contributed by atoms with van der Waals surface area (Å²) in [5, 5.41) is 0.517. The highest BCUT2D eigenvalue weighted by Gasteiger charge is 2.51. The van der Waals surface area contributed by atoms with Gasteiger partial charge in [0.05, 0.1) is 41.9 Å². The van der Waals surface area contributed by atoms with Crippen molar-refractivity contribution in [1.29, 1.82) is 0 Å². The Kier molecular flexibility index (Phi) is 6.58. The monoisotopic (exact) mass is 515 g/mol. The van der Waals surface area contributed by atoms with Gasteiger partial charge in [0.2, 0.25) is 0 Å². The first-order valence-corrected chi connectivity index (χ1v) is 12.4. The lowest BCUT2D eigenvalue weighted by atomic mass is 9.79. The molecule has 2 fully saturated rings. The van der Waals surface area contributed by atoms with Crippen LogP contribution in [-0.4, -0.2) is 60.6 Å². The largest absolute Gasteiger partial charge is 0.494 e. The van der Waals surface area contributed by atoms with E-state index in [1.54, 1.807) is 29.9 Å². The topological polar surface area (TPSA) is 67.1 Å². The van der Waals surface area contributed by atoms with Crippen LogP contribution >= 0.6 is 0 Å². The number of hydrogen-bond acceptors (Lipinski definition) is 6. The summed E-state index contributed by atoms with van der Waals surface area (Å²) >= 11 is 0. The third-order valence-electron chi connectivity index (χ3n) is 7.67. The van der Waals surface area contributed by atoms with E-state index in [1.165, 1.54) is 4.68 Å². The number of anilines is 1. The summed E-state index contributed by atoms with van der Waals surface area (Å²) in [5.74, 6) is 0.0726. The average Bonchev–Trinajstić information content (AvgIpc) is 3.22. The van der Waals surface area contributed by atoms with E-state index in [0.29, 0.717) is 42.8 Å². The number of ether oxygens (including phenoxy) is 2. The minimum absolute atomic E-state index is 0.0726. The molecule has 5 rings (SSSR count). The van der Waals surface area contributed by atoms with Gasteiger partial charge in [-0.1, -0.05) is 6.07 Å². The second-order valence-electron chi connectivity index (χ2n) is 10.5. The highest BCUT2D eigenvalue weighted by molar-refractivity contribution is 6.62. The Balaban J connectivity index is 1.55. The van der Waals surface area contributed by atoms with Gasteiger partial charge in [0.25, 0.3) is 5.56 Å². The first-order chi connectivity index (χ1) is 17.5. The maximum absolute atomic E-state index is 13.2. The zero-order valence-corrected chi connectivity index (χ0v) is 21.8. The van der Waals surface area contributed by atoms with E-state index in [4.69, 9.17) is 18.8 Å². The van der Waals surface area contributed by atoms with Crippen molar-refractivity contribution in [2.75, 3.05) is 31.2 Å². The molecular weight excluding hydrogens is 483 g/mol. The van der Waals surface area contributed by atoms with Gasteiger partial charge < -0.3 is 23.7 Å². The number of nitrogens with zero attached hydrogens (tertiary/aromatic N) is 3. The molecule has 2 aliphatic rings. The smallest absolute Gasteiger partial charge is 0.434 e. The van der Waals surface area contributed by atoms with Crippen molar-refractivity contribution in [3.63, 3.8) is 0 Å². The predicted molar refractivity (Wildman–Crippen MR) is 138 cm³/mol. The van der Waals surface area contributed by atoms with Crippen molar-refractivity contribution in [3.8, 4) is 5.75 Å². The van der Waals surface area contributed by atoms with Gasteiger partial charge in [-0.3, -0.25) is 14.2 Å². The van der Waals surface area contributed by atoms with Crippen molar-refractivity contribution in [2.45, 2.75) is 52.1 Å². The van der Waals surface area contributed by atoms with E-state index < -0.39 is 24.9 Å². The molecule has 2 aromatic carbocycles. The zero-order valence-electron chi connectivity index (χ0n) is 21.8. The van der Waals surface area contributed by atoms with Crippen LogP contribution in [0.1, 0.15) is 33.3 Å². The molecule has 0 amide bonds. The van der Waals surface area contributed by atoms with Crippen LogP contribution in [0.5, 0.6) is 5.75 Å². The molecule has 8 nitrogen and oxygen atoms in total. The fourth-order valence-corrected chi connectivity index (χ4v) is 4.79. The molecule has 0 atom stereocenters. The SMILES string of the molecule is Cn1c(=O)c2ccc(B3OC(C)(C)C(C)(C)O3)cc2n1Cc1cc(N2CCOCC2)ccc1OC(F)F. The molecule has 1 aromatic heterocycles. The second kappa shape index (κ2) is 9.45. The number of morpholine rings is 1. The lowest BCUT2D eigenvalue weighted by Gasteiger charge is -2.32. The fraction of sp³-hybridized carbons (Fsp3) is 0.500. The number of alkyl halides is 2. The Morgan fingerprint density at radius 1 is 1.03 bits per heavy atom. The number of benzene rings is 2. The standard InChI is InChI=1S/C26H32BF2N3O5/c1-25(2)26(3,4)37-27(36-25)18-6-8-20-21(15-18)32(30(5)23(20)33)16-17-14-19(31-10-12-34-13-11-31)7-9-22(17)35-24(28)29/h6-9,14-15,24H,10-13,16H2,1-5H3. The summed E-state index contributed by atoms with van der Waals surface area (Å²) in [5.41, 5.74) is 1.65. The van der Waals surface area contributed by atoms with E-state index in [1.807, 2.05) is 45.9 Å². The highest BCUT2D eigenvalue weighted by atomic mass is 19.3. The predicted octanol–water partition coefficient (Wildman–Crippen LogP) is 3.13. The number of aromatic nitrogens is 2. The third kappa shape index (κ3) is 4.75. The molecule has 0 saturated carbocycles. The Hall–Kier alpha value is -2.89. The molecule has 2 aliphatic heterocycles. The molecule has 0 N–H and O–H groups in total. The van der Waals surface area contributed by atoms with Crippen molar-refractivity contribution in [1.82, 2.24) is 9.36 Å². The summed E-state index contributed by atoms with van der Waals surface area (Å²) < 4.78 is 52.4. The summed E-state index contributed by atoms with van der Waals surface area (Å²) in [7, 11) is 1.07. The molecule has 0 radical (unpaired) electrons. The van der Waals surface area contributed by atoms with E-state index in [9.17, 15) is 13.6 Å². The van der Waals surface area contributed by atoms with Gasteiger partial charge >= 0.3 is 13.7 Å². The summed E-state index contributed by atoms with van der Waals surface area (Å²) in [4.78, 5) is 15.2. The first-order valence-electron chi connectivity index (χ1n) is 12.4. The number of halogens is 2. The Morgan fingerprint density at radius 3 is 2.35 bits per heavy atom. The van der Waals surface area contributed by atoms with Crippen LogP contribution < -0.4 is 20.7 Å². The molecule has 37 heavy (non-hydrogen) atoms. The second-order valence-corrected chi connectivity index (χ2v) is 10.5. The highest BCUT2D eigenvalue weighted by Crippen LogP contribution is 2.36. The minimum atomic E-state index is -2.96. The fourth-order valence-electron chi connectivity index (χ4n) is 4.79. The minimum Gasteiger partial charge on any atom is -0.434 e. The van der Waals surface area contributed by atoms with Crippen LogP contribution in [0.4, 0.5) is 14.5 Å². The van der Waals surface area contributed by atoms with Crippen LogP contribution in [0, 0.1) is 0 Å². The van der Waals surface area contributed by atoms with Gasteiger partial charge in [-0.05, 0) is 63.5 Å². The average molecular weight is 515 g/mol. The van der Waals surface area contributed by atoms with Crippen LogP contribution in [0.15, 0.2) is 41.2 Å². The van der Waals surface area contributed by atoms with Gasteiger partial charge in [0, 0.05) is 31.4 Å². The lowest BCUT2D eigenvalue weighted by Crippen LogP contribution is -2.41. The molecular formula is C26H32BF2N3O5. The number of fused-ring (bicyclic) bond motifs is 1. The quantitative estimate of drug-likeness (QED) is 0.471. The molecule has 11 heteroatoms. The lowest BCUT2D eigenvalue weighted by molar-refractivity contribution is -0.0505. The van der Waals surface area contributed by atoms with Gasteiger partial charge in [-0.2, -0.15) is 8.78 Å². The Morgan fingerprint density at radius 2 is 1.70 bits per heavy atom. The normalized spacial score (nSPS) is 19.2. The van der Waals surface area contributed by atoms with E-state index >= 15 is 0 Å².